The van der Waals surface area contributed by atoms with Crippen LogP contribution < -0.4 is 10.6 Å². The Morgan fingerprint density at radius 1 is 1.08 bits per heavy atom. The van der Waals surface area contributed by atoms with Gasteiger partial charge in [0, 0.05) is 17.1 Å². The average molecular weight is 359 g/mol. The van der Waals surface area contributed by atoms with Crippen molar-refractivity contribution in [1.82, 2.24) is 10.6 Å². The number of hydrogen-bond acceptors (Lipinski definition) is 2. The molecule has 0 aromatic heterocycles. The molecule has 2 aromatic carbocycles. The first-order chi connectivity index (χ1) is 11.9. The number of halogens is 1. The maximum Gasteiger partial charge on any atom is 0.251 e. The van der Waals surface area contributed by atoms with Crippen LogP contribution in [0.3, 0.4) is 0 Å². The average Bonchev–Trinajstić information content (AvgIpc) is 2.58. The summed E-state index contributed by atoms with van der Waals surface area (Å²) in [6.45, 7) is 6.04. The Morgan fingerprint density at radius 3 is 2.44 bits per heavy atom. The van der Waals surface area contributed by atoms with Gasteiger partial charge in [-0.2, -0.15) is 0 Å². The van der Waals surface area contributed by atoms with Gasteiger partial charge in [-0.1, -0.05) is 61.3 Å². The first-order valence-corrected chi connectivity index (χ1v) is 8.65. The van der Waals surface area contributed by atoms with Gasteiger partial charge in [0.2, 0.25) is 5.91 Å². The van der Waals surface area contributed by atoms with Crippen molar-refractivity contribution in [3.63, 3.8) is 0 Å². The summed E-state index contributed by atoms with van der Waals surface area (Å²) in [4.78, 5) is 25.0. The fraction of sp³-hybridized carbons (Fsp3) is 0.300. The van der Waals surface area contributed by atoms with Crippen LogP contribution in [0.15, 0.2) is 48.5 Å². The Hall–Kier alpha value is -2.33. The Labute approximate surface area is 153 Å². The van der Waals surface area contributed by atoms with Gasteiger partial charge in [-0.15, -0.1) is 0 Å². The lowest BCUT2D eigenvalue weighted by Crippen LogP contribution is -2.49. The third-order valence-electron chi connectivity index (χ3n) is 3.93. The molecule has 0 spiro atoms. The Balaban J connectivity index is 2.03. The van der Waals surface area contributed by atoms with Gasteiger partial charge in [0.15, 0.2) is 0 Å². The molecule has 0 saturated carbocycles. The van der Waals surface area contributed by atoms with Crippen LogP contribution in [0.5, 0.6) is 0 Å². The summed E-state index contributed by atoms with van der Waals surface area (Å²) in [5.41, 5.74) is 2.38. The summed E-state index contributed by atoms with van der Waals surface area (Å²) in [6.07, 6.45) is 0. The smallest absolute Gasteiger partial charge is 0.251 e. The molecule has 5 heteroatoms. The first kappa shape index (κ1) is 19.0. The van der Waals surface area contributed by atoms with E-state index in [1.807, 2.05) is 51.1 Å². The van der Waals surface area contributed by atoms with Crippen molar-refractivity contribution in [3.05, 3.63) is 70.2 Å². The molecule has 0 aliphatic carbocycles. The second-order valence-corrected chi connectivity index (χ2v) is 6.78. The normalized spacial score (nSPS) is 11.9. The molecule has 0 fully saturated rings. The van der Waals surface area contributed by atoms with E-state index in [1.54, 1.807) is 18.2 Å². The van der Waals surface area contributed by atoms with Gasteiger partial charge in [-0.05, 0) is 36.6 Å². The van der Waals surface area contributed by atoms with Crippen molar-refractivity contribution in [3.8, 4) is 0 Å². The predicted octanol–water partition coefficient (Wildman–Crippen LogP) is 3.72. The molecule has 1 atom stereocenters. The van der Waals surface area contributed by atoms with E-state index in [9.17, 15) is 9.59 Å². The van der Waals surface area contributed by atoms with Crippen molar-refractivity contribution >= 4 is 23.4 Å². The van der Waals surface area contributed by atoms with Gasteiger partial charge in [-0.3, -0.25) is 9.59 Å². The minimum Gasteiger partial charge on any atom is -0.350 e. The molecular formula is C20H23ClN2O2. The van der Waals surface area contributed by atoms with Crippen molar-refractivity contribution in [2.75, 3.05) is 0 Å². The molecule has 0 saturated heterocycles. The molecule has 25 heavy (non-hydrogen) atoms. The van der Waals surface area contributed by atoms with Crippen LogP contribution in [0.25, 0.3) is 0 Å². The summed E-state index contributed by atoms with van der Waals surface area (Å²) in [6, 6.07) is 14.0. The van der Waals surface area contributed by atoms with E-state index >= 15 is 0 Å². The molecule has 0 aliphatic rings. The highest BCUT2D eigenvalue weighted by atomic mass is 35.5. The quantitative estimate of drug-likeness (QED) is 0.826. The highest BCUT2D eigenvalue weighted by molar-refractivity contribution is 6.31. The van der Waals surface area contributed by atoms with Crippen LogP contribution in [0.4, 0.5) is 0 Å². The first-order valence-electron chi connectivity index (χ1n) is 8.27. The van der Waals surface area contributed by atoms with Crippen molar-refractivity contribution < 1.29 is 9.59 Å². The number of aryl methyl sites for hydroxylation is 1. The second-order valence-electron chi connectivity index (χ2n) is 6.37. The van der Waals surface area contributed by atoms with E-state index in [0.717, 1.165) is 11.1 Å². The van der Waals surface area contributed by atoms with E-state index in [1.165, 1.54) is 0 Å². The summed E-state index contributed by atoms with van der Waals surface area (Å²) >= 11 is 6.11. The monoisotopic (exact) mass is 358 g/mol. The van der Waals surface area contributed by atoms with Gasteiger partial charge in [-0.25, -0.2) is 0 Å². The molecule has 0 radical (unpaired) electrons. The molecule has 0 unspecified atom stereocenters. The molecule has 0 heterocycles. The number of amides is 2. The van der Waals surface area contributed by atoms with Gasteiger partial charge >= 0.3 is 0 Å². The van der Waals surface area contributed by atoms with E-state index in [0.29, 0.717) is 17.1 Å². The number of hydrogen-bond donors (Lipinski definition) is 2. The predicted molar refractivity (Wildman–Crippen MR) is 101 cm³/mol. The lowest BCUT2D eigenvalue weighted by Gasteiger charge is -2.22. The Kier molecular flexibility index (Phi) is 6.59. The molecule has 2 rings (SSSR count). The molecular weight excluding hydrogens is 336 g/mol. The van der Waals surface area contributed by atoms with Crippen molar-refractivity contribution in [1.29, 1.82) is 0 Å². The SMILES string of the molecule is Cc1cccc(C(=O)N[C@@H](C(=O)NCc2ccccc2Cl)C(C)C)c1. The number of rotatable bonds is 6. The Bertz CT molecular complexity index is 759. The third kappa shape index (κ3) is 5.33. The molecule has 0 aliphatic heterocycles. The van der Waals surface area contributed by atoms with E-state index < -0.39 is 6.04 Å². The molecule has 4 nitrogen and oxygen atoms in total. The topological polar surface area (TPSA) is 58.2 Å². The number of carbonyl (C=O) groups is 2. The minimum atomic E-state index is -0.615. The van der Waals surface area contributed by atoms with Crippen LogP contribution >= 0.6 is 11.6 Å². The van der Waals surface area contributed by atoms with Crippen molar-refractivity contribution in [2.45, 2.75) is 33.4 Å². The fourth-order valence-electron chi connectivity index (χ4n) is 2.48. The molecule has 132 valence electrons. The zero-order valence-corrected chi connectivity index (χ0v) is 15.4. The van der Waals surface area contributed by atoms with E-state index in [2.05, 4.69) is 10.6 Å². The second kappa shape index (κ2) is 8.67. The van der Waals surface area contributed by atoms with Gasteiger partial charge in [0.25, 0.3) is 5.91 Å². The molecule has 2 amide bonds. The maximum atomic E-state index is 12.5. The summed E-state index contributed by atoms with van der Waals surface area (Å²) in [7, 11) is 0. The summed E-state index contributed by atoms with van der Waals surface area (Å²) in [5.74, 6) is -0.522. The fourth-order valence-corrected chi connectivity index (χ4v) is 2.68. The third-order valence-corrected chi connectivity index (χ3v) is 4.30. The molecule has 2 N–H and O–H groups in total. The van der Waals surface area contributed by atoms with Crippen LogP contribution in [0.2, 0.25) is 5.02 Å². The lowest BCUT2D eigenvalue weighted by atomic mass is 10.0. The van der Waals surface area contributed by atoms with Crippen LogP contribution in [-0.2, 0) is 11.3 Å². The largest absolute Gasteiger partial charge is 0.350 e. The number of benzene rings is 2. The maximum absolute atomic E-state index is 12.5. The minimum absolute atomic E-state index is 0.0417. The van der Waals surface area contributed by atoms with E-state index in [4.69, 9.17) is 11.6 Å². The van der Waals surface area contributed by atoms with Crippen LogP contribution in [0.1, 0.15) is 35.3 Å². The number of nitrogens with one attached hydrogen (secondary N) is 2. The Morgan fingerprint density at radius 2 is 1.80 bits per heavy atom. The van der Waals surface area contributed by atoms with Gasteiger partial charge in [0.1, 0.15) is 6.04 Å². The highest BCUT2D eigenvalue weighted by Crippen LogP contribution is 2.14. The molecule has 2 aromatic rings. The van der Waals surface area contributed by atoms with Crippen LogP contribution in [0, 0.1) is 12.8 Å². The highest BCUT2D eigenvalue weighted by Gasteiger charge is 2.24. The zero-order chi connectivity index (χ0) is 18.4. The van der Waals surface area contributed by atoms with Crippen molar-refractivity contribution in [2.24, 2.45) is 5.92 Å². The summed E-state index contributed by atoms with van der Waals surface area (Å²) < 4.78 is 0. The lowest BCUT2D eigenvalue weighted by molar-refractivity contribution is -0.124. The zero-order valence-electron chi connectivity index (χ0n) is 14.7. The number of carbonyl (C=O) groups excluding carboxylic acids is 2. The summed E-state index contributed by atoms with van der Waals surface area (Å²) in [5, 5.41) is 6.28. The van der Waals surface area contributed by atoms with Gasteiger partial charge in [0.05, 0.1) is 0 Å². The van der Waals surface area contributed by atoms with Crippen LogP contribution in [-0.4, -0.2) is 17.9 Å². The van der Waals surface area contributed by atoms with E-state index in [-0.39, 0.29) is 17.7 Å². The molecule has 0 bridgehead atoms. The standard InChI is InChI=1S/C20H23ClN2O2/c1-13(2)18(23-19(24)15-9-6-7-14(3)11-15)20(25)22-12-16-8-4-5-10-17(16)21/h4-11,13,18H,12H2,1-3H3,(H,22,25)(H,23,24)/t18-/m1/s1. The van der Waals surface area contributed by atoms with Gasteiger partial charge < -0.3 is 10.6 Å².